The Morgan fingerprint density at radius 1 is 1.47 bits per heavy atom. The zero-order valence-corrected chi connectivity index (χ0v) is 9.38. The summed E-state index contributed by atoms with van der Waals surface area (Å²) in [6, 6.07) is 0. The molecule has 1 aromatic rings. The molecule has 1 atom stereocenters. The van der Waals surface area contributed by atoms with E-state index in [0.29, 0.717) is 6.42 Å². The van der Waals surface area contributed by atoms with Crippen molar-refractivity contribution in [3.63, 3.8) is 0 Å². The number of aliphatic hydroxyl groups excluding tert-OH is 1. The van der Waals surface area contributed by atoms with Crippen LogP contribution in [0, 0.1) is 0 Å². The maximum atomic E-state index is 9.80. The Morgan fingerprint density at radius 2 is 2.13 bits per heavy atom. The Hall–Kier alpha value is -0.910. The third-order valence-corrected chi connectivity index (χ3v) is 2.31. The Balaban J connectivity index is 2.60. The maximum Gasteiger partial charge on any atom is 0.183 e. The summed E-state index contributed by atoms with van der Waals surface area (Å²) in [4.78, 5) is 4.17. The normalized spacial score (nSPS) is 13.4. The second-order valence-corrected chi connectivity index (χ2v) is 3.24. The summed E-state index contributed by atoms with van der Waals surface area (Å²) in [5.41, 5.74) is 0. The van der Waals surface area contributed by atoms with E-state index in [1.165, 1.54) is 14.2 Å². The predicted molar refractivity (Wildman–Crippen MR) is 55.4 cm³/mol. The number of methoxy groups -OCH3 is 2. The van der Waals surface area contributed by atoms with Gasteiger partial charge in [-0.25, -0.2) is 4.98 Å². The van der Waals surface area contributed by atoms with Crippen LogP contribution in [0.3, 0.4) is 0 Å². The van der Waals surface area contributed by atoms with Crippen molar-refractivity contribution < 1.29 is 14.6 Å². The monoisotopic (exact) mass is 214 g/mol. The molecule has 1 heterocycles. The van der Waals surface area contributed by atoms with E-state index in [9.17, 15) is 5.11 Å². The first-order chi connectivity index (χ1) is 7.22. The zero-order valence-electron chi connectivity index (χ0n) is 9.38. The average molecular weight is 214 g/mol. The molecule has 0 aromatic carbocycles. The van der Waals surface area contributed by atoms with Crippen LogP contribution in [0.25, 0.3) is 0 Å². The van der Waals surface area contributed by atoms with Gasteiger partial charge in [0.25, 0.3) is 0 Å². The Bertz CT molecular complexity index is 284. The minimum absolute atomic E-state index is 0.424. The van der Waals surface area contributed by atoms with Crippen molar-refractivity contribution in [2.24, 2.45) is 0 Å². The van der Waals surface area contributed by atoms with Gasteiger partial charge in [-0.1, -0.05) is 0 Å². The van der Waals surface area contributed by atoms with E-state index >= 15 is 0 Å². The smallest absolute Gasteiger partial charge is 0.183 e. The van der Waals surface area contributed by atoms with E-state index in [-0.39, 0.29) is 0 Å². The van der Waals surface area contributed by atoms with Crippen LogP contribution in [0.15, 0.2) is 12.4 Å². The number of rotatable bonds is 6. The Labute approximate surface area is 89.6 Å². The Morgan fingerprint density at radius 3 is 2.67 bits per heavy atom. The van der Waals surface area contributed by atoms with Crippen LogP contribution < -0.4 is 0 Å². The highest BCUT2D eigenvalue weighted by atomic mass is 16.7. The molecule has 1 N–H and O–H groups in total. The SMILES string of the molecule is CCn1ccnc1CC(O)C(OC)OC. The highest BCUT2D eigenvalue weighted by Gasteiger charge is 2.20. The summed E-state index contributed by atoms with van der Waals surface area (Å²) in [5.74, 6) is 0.837. The van der Waals surface area contributed by atoms with Gasteiger partial charge in [-0.2, -0.15) is 0 Å². The highest BCUT2D eigenvalue weighted by Crippen LogP contribution is 2.07. The number of aryl methyl sites for hydroxylation is 1. The van der Waals surface area contributed by atoms with Gasteiger partial charge in [-0.05, 0) is 6.92 Å². The molecule has 1 unspecified atom stereocenters. The van der Waals surface area contributed by atoms with Gasteiger partial charge in [0.15, 0.2) is 6.29 Å². The number of nitrogens with zero attached hydrogens (tertiary/aromatic N) is 2. The van der Waals surface area contributed by atoms with Gasteiger partial charge in [0, 0.05) is 39.6 Å². The van der Waals surface area contributed by atoms with Crippen molar-refractivity contribution in [1.29, 1.82) is 0 Å². The summed E-state index contributed by atoms with van der Waals surface area (Å²) >= 11 is 0. The fraction of sp³-hybridized carbons (Fsp3) is 0.700. The molecule has 0 radical (unpaired) electrons. The van der Waals surface area contributed by atoms with E-state index in [4.69, 9.17) is 9.47 Å². The van der Waals surface area contributed by atoms with Crippen molar-refractivity contribution in [3.05, 3.63) is 18.2 Å². The van der Waals surface area contributed by atoms with E-state index in [1.807, 2.05) is 17.7 Å². The van der Waals surface area contributed by atoms with Crippen LogP contribution >= 0.6 is 0 Å². The number of imidazole rings is 1. The lowest BCUT2D eigenvalue weighted by molar-refractivity contribution is -0.163. The number of aliphatic hydroxyl groups is 1. The van der Waals surface area contributed by atoms with Crippen LogP contribution in [-0.4, -0.2) is 41.3 Å². The number of hydrogen-bond acceptors (Lipinski definition) is 4. The van der Waals surface area contributed by atoms with E-state index in [2.05, 4.69) is 4.98 Å². The fourth-order valence-electron chi connectivity index (χ4n) is 1.51. The molecule has 0 amide bonds. The molecule has 0 aliphatic carbocycles. The van der Waals surface area contributed by atoms with E-state index in [1.54, 1.807) is 6.20 Å². The quantitative estimate of drug-likeness (QED) is 0.697. The third-order valence-electron chi connectivity index (χ3n) is 2.31. The number of hydrogen-bond donors (Lipinski definition) is 1. The van der Waals surface area contributed by atoms with Crippen molar-refractivity contribution in [2.75, 3.05) is 14.2 Å². The van der Waals surface area contributed by atoms with Crippen molar-refractivity contribution >= 4 is 0 Å². The second kappa shape index (κ2) is 5.85. The lowest BCUT2D eigenvalue weighted by Crippen LogP contribution is -2.32. The van der Waals surface area contributed by atoms with E-state index in [0.717, 1.165) is 12.4 Å². The summed E-state index contributed by atoms with van der Waals surface area (Å²) in [6.07, 6.45) is 2.73. The molecule has 1 rings (SSSR count). The molecule has 0 aliphatic heterocycles. The topological polar surface area (TPSA) is 56.5 Å². The first-order valence-electron chi connectivity index (χ1n) is 4.96. The maximum absolute atomic E-state index is 9.80. The second-order valence-electron chi connectivity index (χ2n) is 3.24. The lowest BCUT2D eigenvalue weighted by Gasteiger charge is -2.19. The van der Waals surface area contributed by atoms with Crippen molar-refractivity contribution in [1.82, 2.24) is 9.55 Å². The van der Waals surface area contributed by atoms with Gasteiger partial charge in [0.2, 0.25) is 0 Å². The summed E-state index contributed by atoms with van der Waals surface area (Å²) in [6.45, 7) is 2.87. The van der Waals surface area contributed by atoms with Crippen molar-refractivity contribution in [3.8, 4) is 0 Å². The first-order valence-corrected chi connectivity index (χ1v) is 4.96. The molecule has 0 saturated carbocycles. The van der Waals surface area contributed by atoms with Gasteiger partial charge in [0.05, 0.1) is 0 Å². The zero-order chi connectivity index (χ0) is 11.3. The third kappa shape index (κ3) is 3.02. The van der Waals surface area contributed by atoms with Gasteiger partial charge < -0.3 is 19.1 Å². The minimum atomic E-state index is -0.701. The molecular formula is C10H18N2O3. The molecular weight excluding hydrogens is 196 g/mol. The highest BCUT2D eigenvalue weighted by molar-refractivity contribution is 4.94. The largest absolute Gasteiger partial charge is 0.387 e. The number of aromatic nitrogens is 2. The molecule has 0 fully saturated rings. The summed E-state index contributed by atoms with van der Waals surface area (Å²) < 4.78 is 11.9. The molecule has 86 valence electrons. The fourth-order valence-corrected chi connectivity index (χ4v) is 1.51. The standard InChI is InChI=1S/C10H18N2O3/c1-4-12-6-5-11-9(12)7-8(13)10(14-2)15-3/h5-6,8,10,13H,4,7H2,1-3H3. The van der Waals surface area contributed by atoms with Crippen LogP contribution in [-0.2, 0) is 22.4 Å². The van der Waals surface area contributed by atoms with Crippen LogP contribution in [0.2, 0.25) is 0 Å². The summed E-state index contributed by atoms with van der Waals surface area (Å²) in [5, 5.41) is 9.80. The van der Waals surface area contributed by atoms with Crippen LogP contribution in [0.5, 0.6) is 0 Å². The molecule has 0 aliphatic rings. The minimum Gasteiger partial charge on any atom is -0.387 e. The molecule has 0 saturated heterocycles. The first kappa shape index (κ1) is 12.2. The molecule has 5 heteroatoms. The van der Waals surface area contributed by atoms with Gasteiger partial charge >= 0.3 is 0 Å². The van der Waals surface area contributed by atoms with Crippen LogP contribution in [0.1, 0.15) is 12.7 Å². The summed E-state index contributed by atoms with van der Waals surface area (Å²) in [7, 11) is 3.01. The lowest BCUT2D eigenvalue weighted by atomic mass is 10.2. The average Bonchev–Trinajstić information content (AvgIpc) is 2.67. The van der Waals surface area contributed by atoms with Gasteiger partial charge in [0.1, 0.15) is 11.9 Å². The van der Waals surface area contributed by atoms with Gasteiger partial charge in [-0.15, -0.1) is 0 Å². The molecule has 0 spiro atoms. The predicted octanol–water partition coefficient (Wildman–Crippen LogP) is 0.425. The molecule has 1 aromatic heterocycles. The Kier molecular flexibility index (Phi) is 4.74. The van der Waals surface area contributed by atoms with Gasteiger partial charge in [-0.3, -0.25) is 0 Å². The molecule has 0 bridgehead atoms. The van der Waals surface area contributed by atoms with Crippen molar-refractivity contribution in [2.45, 2.75) is 32.3 Å². The van der Waals surface area contributed by atoms with E-state index < -0.39 is 12.4 Å². The van der Waals surface area contributed by atoms with Crippen LogP contribution in [0.4, 0.5) is 0 Å². The molecule has 5 nitrogen and oxygen atoms in total. The molecule has 15 heavy (non-hydrogen) atoms. The number of ether oxygens (including phenoxy) is 2.